The van der Waals surface area contributed by atoms with Crippen LogP contribution in [0.2, 0.25) is 0 Å². The Kier molecular flexibility index (Phi) is 15.9. The minimum atomic E-state index is -0.508. The molecule has 1 aliphatic carbocycles. The molecule has 2 aliphatic rings. The lowest BCUT2D eigenvalue weighted by molar-refractivity contribution is 0.360. The molecule has 9 aromatic rings. The topological polar surface area (TPSA) is 18.5 Å². The van der Waals surface area contributed by atoms with Gasteiger partial charge in [-0.3, -0.25) is 0 Å². The average molecular weight is 875 g/mol. The second-order valence-corrected chi connectivity index (χ2v) is 15.8. The van der Waals surface area contributed by atoms with E-state index in [0.29, 0.717) is 11.5 Å². The van der Waals surface area contributed by atoms with Gasteiger partial charge in [0, 0.05) is 5.56 Å². The van der Waals surface area contributed by atoms with Gasteiger partial charge < -0.3 is 9.47 Å². The summed E-state index contributed by atoms with van der Waals surface area (Å²) in [7, 11) is 0. The number of allylic oxidation sites excluding steroid dienone is 1. The first-order chi connectivity index (χ1) is 33.1. The zero-order valence-corrected chi connectivity index (χ0v) is 40.1. The number of ether oxygens (including phenoxy) is 2. The normalized spacial score (nSPS) is 11.7. The lowest BCUT2D eigenvalue weighted by Crippen LogP contribution is -2.28. The summed E-state index contributed by atoms with van der Waals surface area (Å²) < 4.78 is 13.6. The van der Waals surface area contributed by atoms with E-state index in [2.05, 4.69) is 207 Å². The van der Waals surface area contributed by atoms with Crippen LogP contribution in [0.25, 0.3) is 39.0 Å². The molecular formula is C65H62O2. The Balaban J connectivity index is 0.000000389. The van der Waals surface area contributed by atoms with E-state index in [1.807, 2.05) is 72.7 Å². The number of benzene rings is 9. The van der Waals surface area contributed by atoms with Gasteiger partial charge in [0.05, 0.1) is 5.41 Å². The highest BCUT2D eigenvalue weighted by Crippen LogP contribution is 2.62. The lowest BCUT2D eigenvalue weighted by Gasteiger charge is -2.34. The molecule has 0 spiro atoms. The van der Waals surface area contributed by atoms with Crippen molar-refractivity contribution < 1.29 is 9.47 Å². The minimum Gasteiger partial charge on any atom is -0.449 e. The molecule has 0 radical (unpaired) electrons. The molecule has 2 heteroatoms. The number of hydrogen-bond donors (Lipinski definition) is 0. The first-order valence-corrected chi connectivity index (χ1v) is 23.9. The molecule has 0 aromatic heterocycles. The minimum absolute atomic E-state index is 0.508. The Morgan fingerprint density at radius 3 is 1.58 bits per heavy atom. The van der Waals surface area contributed by atoms with Gasteiger partial charge in [-0.15, -0.1) is 0 Å². The molecule has 1 heterocycles. The molecule has 0 atom stereocenters. The fraction of sp³-hybridized carbons (Fsp3) is 0.138. The quantitative estimate of drug-likeness (QED) is 0.159. The molecule has 0 fully saturated rings. The van der Waals surface area contributed by atoms with Crippen LogP contribution in [0.3, 0.4) is 0 Å². The van der Waals surface area contributed by atoms with Crippen molar-refractivity contribution >= 4 is 5.57 Å². The third-order valence-electron chi connectivity index (χ3n) is 11.9. The molecule has 0 saturated carbocycles. The number of fused-ring (bicyclic) bond motifs is 6. The smallest absolute Gasteiger partial charge is 0.178 e. The number of rotatable bonds is 7. The van der Waals surface area contributed by atoms with Gasteiger partial charge in [-0.25, -0.2) is 0 Å². The van der Waals surface area contributed by atoms with E-state index in [9.17, 15) is 0 Å². The van der Waals surface area contributed by atoms with Gasteiger partial charge in [0.15, 0.2) is 23.0 Å². The summed E-state index contributed by atoms with van der Waals surface area (Å²) >= 11 is 0. The summed E-state index contributed by atoms with van der Waals surface area (Å²) in [6.07, 6.45) is 0.819. The van der Waals surface area contributed by atoms with Gasteiger partial charge in [-0.2, -0.15) is 0 Å². The summed E-state index contributed by atoms with van der Waals surface area (Å²) in [5.41, 5.74) is 16.2. The van der Waals surface area contributed by atoms with Crippen LogP contribution in [-0.2, 0) is 11.8 Å². The second kappa shape index (κ2) is 22.5. The zero-order chi connectivity index (χ0) is 47.2. The molecule has 67 heavy (non-hydrogen) atoms. The van der Waals surface area contributed by atoms with Crippen molar-refractivity contribution in [3.8, 4) is 56.4 Å². The summed E-state index contributed by atoms with van der Waals surface area (Å²) in [5, 5.41) is 0. The maximum absolute atomic E-state index is 7.00. The largest absolute Gasteiger partial charge is 0.449 e. The monoisotopic (exact) mass is 874 g/mol. The van der Waals surface area contributed by atoms with E-state index >= 15 is 0 Å². The summed E-state index contributed by atoms with van der Waals surface area (Å²) in [4.78, 5) is 0. The van der Waals surface area contributed by atoms with Gasteiger partial charge in [-0.1, -0.05) is 260 Å². The highest BCUT2D eigenvalue weighted by atomic mass is 16.6. The van der Waals surface area contributed by atoms with Crippen molar-refractivity contribution in [2.45, 2.75) is 60.3 Å². The van der Waals surface area contributed by atoms with E-state index in [-0.39, 0.29) is 0 Å². The standard InChI is InChI=1S/C50H34O2.C9H10.3C2H6/c1-4-16-35(17-5-1)36-19-14-15-34(31-36)32-37-18-10-11-24-41(37)38-27-29-45-47(33-38)52-49-46(51-45)30-28-44-48(49)42-25-12-13-26-43(42)50(44,39-20-6-2-7-21-39)40-22-8-3-9-23-40;1-8(2)9-6-4-3-5-7-9;3*1-2/h1-31,33H,32H2;3-7H,1H2,2H3;3*1-2H3. The zero-order valence-electron chi connectivity index (χ0n) is 40.1. The Hall–Kier alpha value is -7.68. The molecular weight excluding hydrogens is 813 g/mol. The Morgan fingerprint density at radius 1 is 0.418 bits per heavy atom. The van der Waals surface area contributed by atoms with E-state index < -0.39 is 5.41 Å². The lowest BCUT2D eigenvalue weighted by atomic mass is 9.68. The van der Waals surface area contributed by atoms with Gasteiger partial charge in [0.1, 0.15) is 0 Å². The fourth-order valence-corrected chi connectivity index (χ4v) is 9.12. The molecule has 0 N–H and O–H groups in total. The van der Waals surface area contributed by atoms with E-state index in [1.165, 1.54) is 55.6 Å². The van der Waals surface area contributed by atoms with Crippen LogP contribution in [0.5, 0.6) is 23.0 Å². The van der Waals surface area contributed by atoms with Crippen LogP contribution >= 0.6 is 0 Å². The van der Waals surface area contributed by atoms with Crippen LogP contribution in [0, 0.1) is 0 Å². The molecule has 9 aromatic carbocycles. The SMILES string of the molecule is C=C(C)c1ccccc1.CC.CC.CC.c1ccc(-c2cccc(Cc3ccccc3-c3ccc4c(c3)Oc3c(ccc5c3-c3ccccc3C5(c3ccccc3)c3ccccc3)O4)c2)cc1. The van der Waals surface area contributed by atoms with Crippen molar-refractivity contribution in [1.82, 2.24) is 0 Å². The molecule has 2 nitrogen and oxygen atoms in total. The van der Waals surface area contributed by atoms with Gasteiger partial charge in [0.25, 0.3) is 0 Å². The van der Waals surface area contributed by atoms with Crippen LogP contribution in [-0.4, -0.2) is 0 Å². The van der Waals surface area contributed by atoms with Crippen LogP contribution in [0.4, 0.5) is 0 Å². The maximum atomic E-state index is 7.00. The fourth-order valence-electron chi connectivity index (χ4n) is 9.12. The van der Waals surface area contributed by atoms with Crippen molar-refractivity contribution in [1.29, 1.82) is 0 Å². The van der Waals surface area contributed by atoms with Gasteiger partial charge in [-0.05, 0) is 98.3 Å². The Bertz CT molecular complexity index is 2970. The molecule has 0 saturated heterocycles. The predicted octanol–water partition coefficient (Wildman–Crippen LogP) is 18.7. The van der Waals surface area contributed by atoms with Crippen molar-refractivity contribution in [3.63, 3.8) is 0 Å². The van der Waals surface area contributed by atoms with Crippen molar-refractivity contribution in [2.75, 3.05) is 0 Å². The number of hydrogen-bond acceptors (Lipinski definition) is 2. The Morgan fingerprint density at radius 2 is 0.955 bits per heavy atom. The molecule has 1 aliphatic heterocycles. The van der Waals surface area contributed by atoms with Gasteiger partial charge >= 0.3 is 0 Å². The third kappa shape index (κ3) is 9.67. The maximum Gasteiger partial charge on any atom is 0.178 e. The Labute approximate surface area is 399 Å². The van der Waals surface area contributed by atoms with E-state index in [1.54, 1.807) is 0 Å². The van der Waals surface area contributed by atoms with Gasteiger partial charge in [0.2, 0.25) is 0 Å². The van der Waals surface area contributed by atoms with Crippen molar-refractivity contribution in [2.24, 2.45) is 0 Å². The summed E-state index contributed by atoms with van der Waals surface area (Å²) in [6, 6.07) is 79.3. The summed E-state index contributed by atoms with van der Waals surface area (Å²) in [6.45, 7) is 17.8. The predicted molar refractivity (Wildman–Crippen MR) is 286 cm³/mol. The second-order valence-electron chi connectivity index (χ2n) is 15.8. The summed E-state index contributed by atoms with van der Waals surface area (Å²) in [5.74, 6) is 2.92. The molecule has 0 bridgehead atoms. The molecule has 0 unspecified atom stereocenters. The van der Waals surface area contributed by atoms with Crippen molar-refractivity contribution in [3.05, 3.63) is 270 Å². The first-order valence-electron chi connectivity index (χ1n) is 23.9. The highest BCUT2D eigenvalue weighted by molar-refractivity contribution is 5.92. The van der Waals surface area contributed by atoms with E-state index in [0.717, 1.165) is 40.2 Å². The van der Waals surface area contributed by atoms with E-state index in [4.69, 9.17) is 9.47 Å². The van der Waals surface area contributed by atoms with Crippen LogP contribution < -0.4 is 9.47 Å². The highest BCUT2D eigenvalue weighted by Gasteiger charge is 2.48. The third-order valence-corrected chi connectivity index (χ3v) is 11.9. The average Bonchev–Trinajstić information content (AvgIpc) is 3.72. The molecule has 0 amide bonds. The van der Waals surface area contributed by atoms with Crippen LogP contribution in [0.15, 0.2) is 231 Å². The van der Waals surface area contributed by atoms with Crippen LogP contribution in [0.1, 0.15) is 87.4 Å². The first kappa shape index (κ1) is 47.3. The molecule has 11 rings (SSSR count). The molecule has 334 valence electrons.